The van der Waals surface area contributed by atoms with Crippen LogP contribution in [0, 0.1) is 10.1 Å². The van der Waals surface area contributed by atoms with Gasteiger partial charge >= 0.3 is 0 Å². The Hall–Kier alpha value is -2.28. The molecule has 0 unspecified atom stereocenters. The smallest absolute Gasteiger partial charge is 0.269 e. The van der Waals surface area contributed by atoms with Gasteiger partial charge in [0.1, 0.15) is 0 Å². The van der Waals surface area contributed by atoms with E-state index in [0.717, 1.165) is 31.5 Å². The Morgan fingerprint density at radius 3 is 2.62 bits per heavy atom. The van der Waals surface area contributed by atoms with E-state index in [1.807, 2.05) is 4.90 Å². The summed E-state index contributed by atoms with van der Waals surface area (Å²) in [5, 5.41) is 10.5. The van der Waals surface area contributed by atoms with Crippen molar-refractivity contribution in [3.8, 4) is 0 Å². The first-order valence-corrected chi connectivity index (χ1v) is 6.69. The number of hydrogen-bond donors (Lipinski definition) is 0. The average Bonchev–Trinajstić information content (AvgIpc) is 2.84. The number of non-ortho nitro benzene ring substituents is 1. The van der Waals surface area contributed by atoms with Crippen molar-refractivity contribution in [1.29, 1.82) is 0 Å². The third-order valence-corrected chi connectivity index (χ3v) is 3.23. The van der Waals surface area contributed by atoms with Crippen LogP contribution in [-0.4, -0.2) is 47.1 Å². The summed E-state index contributed by atoms with van der Waals surface area (Å²) in [4.78, 5) is 27.6. The maximum absolute atomic E-state index is 11.4. The predicted octanol–water partition coefficient (Wildman–Crippen LogP) is 1.20. The normalized spacial score (nSPS) is 14.5. The highest BCUT2D eigenvalue weighted by molar-refractivity contribution is 5.80. The molecular formula is C14H19N3O4. The number of nitro groups is 1. The number of benzene rings is 1. The quantitative estimate of drug-likeness (QED) is 0.340. The van der Waals surface area contributed by atoms with Crippen molar-refractivity contribution in [1.82, 2.24) is 4.90 Å². The van der Waals surface area contributed by atoms with E-state index in [9.17, 15) is 14.9 Å². The number of aliphatic imine (C=N–C) groups is 1. The van der Waals surface area contributed by atoms with Gasteiger partial charge in [0.2, 0.25) is 5.91 Å². The zero-order chi connectivity index (χ0) is 14.4. The van der Waals surface area contributed by atoms with Crippen LogP contribution in [0.2, 0.25) is 0 Å². The van der Waals surface area contributed by atoms with Crippen LogP contribution in [0.3, 0.4) is 0 Å². The van der Waals surface area contributed by atoms with Gasteiger partial charge < -0.3 is 10.4 Å². The maximum atomic E-state index is 11.4. The van der Waals surface area contributed by atoms with Crippen LogP contribution in [0.5, 0.6) is 0 Å². The van der Waals surface area contributed by atoms with Crippen LogP contribution >= 0.6 is 0 Å². The monoisotopic (exact) mass is 293 g/mol. The van der Waals surface area contributed by atoms with Crippen LogP contribution in [-0.2, 0) is 4.79 Å². The number of nitro benzene ring substituents is 1. The van der Waals surface area contributed by atoms with Crippen molar-refractivity contribution in [2.45, 2.75) is 19.3 Å². The van der Waals surface area contributed by atoms with E-state index in [2.05, 4.69) is 4.99 Å². The van der Waals surface area contributed by atoms with Crippen molar-refractivity contribution in [2.75, 3.05) is 19.6 Å². The van der Waals surface area contributed by atoms with Gasteiger partial charge in [-0.05, 0) is 30.5 Å². The lowest BCUT2D eigenvalue weighted by Gasteiger charge is -2.13. The number of likely N-dealkylation sites (tertiary alicyclic amines) is 1. The zero-order valence-corrected chi connectivity index (χ0v) is 11.7. The van der Waals surface area contributed by atoms with E-state index in [-0.39, 0.29) is 17.1 Å². The molecule has 0 radical (unpaired) electrons. The van der Waals surface area contributed by atoms with Gasteiger partial charge in [0.15, 0.2) is 0 Å². The number of amides is 1. The van der Waals surface area contributed by atoms with Gasteiger partial charge in [-0.25, -0.2) is 0 Å². The molecule has 0 saturated carbocycles. The standard InChI is InChI=1S/C14H17N3O3.H2O/c18-14-3-1-9-16(14)10-2-8-15-11-12-4-6-13(7-5-12)17(19)20;/h4-7,11H,1-3,8-10H2;1H2. The van der Waals surface area contributed by atoms with Gasteiger partial charge in [-0.1, -0.05) is 0 Å². The third kappa shape index (κ3) is 4.96. The summed E-state index contributed by atoms with van der Waals surface area (Å²) in [6.07, 6.45) is 4.18. The first-order chi connectivity index (χ1) is 9.66. The van der Waals surface area contributed by atoms with Crippen LogP contribution in [0.25, 0.3) is 0 Å². The maximum Gasteiger partial charge on any atom is 0.269 e. The highest BCUT2D eigenvalue weighted by Gasteiger charge is 2.18. The SMILES string of the molecule is O.O=C1CCCN1CCCN=Cc1ccc([N+](=O)[O-])cc1. The van der Waals surface area contributed by atoms with Crippen LogP contribution in [0.15, 0.2) is 29.3 Å². The van der Waals surface area contributed by atoms with Crippen molar-refractivity contribution >= 4 is 17.8 Å². The van der Waals surface area contributed by atoms with Gasteiger partial charge in [0.25, 0.3) is 5.69 Å². The molecule has 114 valence electrons. The fourth-order valence-electron chi connectivity index (χ4n) is 2.15. The summed E-state index contributed by atoms with van der Waals surface area (Å²) in [7, 11) is 0. The Morgan fingerprint density at radius 1 is 1.33 bits per heavy atom. The van der Waals surface area contributed by atoms with Gasteiger partial charge in [-0.3, -0.25) is 19.9 Å². The molecule has 1 heterocycles. The molecule has 1 aromatic rings. The largest absolute Gasteiger partial charge is 0.412 e. The Kier molecular flexibility index (Phi) is 6.48. The van der Waals surface area contributed by atoms with E-state index in [1.165, 1.54) is 12.1 Å². The molecule has 1 aliphatic heterocycles. The Labute approximate surface area is 122 Å². The summed E-state index contributed by atoms with van der Waals surface area (Å²) in [6, 6.07) is 6.27. The molecule has 0 aliphatic carbocycles. The minimum absolute atomic E-state index is 0. The van der Waals surface area contributed by atoms with Crippen molar-refractivity contribution in [2.24, 2.45) is 4.99 Å². The molecule has 1 amide bonds. The molecule has 2 N–H and O–H groups in total. The number of nitrogens with zero attached hydrogens (tertiary/aromatic N) is 3. The summed E-state index contributed by atoms with van der Waals surface area (Å²) < 4.78 is 0. The molecule has 1 aliphatic rings. The minimum Gasteiger partial charge on any atom is -0.412 e. The predicted molar refractivity (Wildman–Crippen MR) is 79.6 cm³/mol. The molecule has 1 saturated heterocycles. The molecular weight excluding hydrogens is 274 g/mol. The highest BCUT2D eigenvalue weighted by Crippen LogP contribution is 2.11. The van der Waals surface area contributed by atoms with E-state index in [1.54, 1.807) is 18.3 Å². The van der Waals surface area contributed by atoms with Crippen molar-refractivity contribution in [3.05, 3.63) is 39.9 Å². The highest BCUT2D eigenvalue weighted by atomic mass is 16.6. The van der Waals surface area contributed by atoms with Crippen molar-refractivity contribution in [3.63, 3.8) is 0 Å². The molecule has 1 fully saturated rings. The topological polar surface area (TPSA) is 107 Å². The van der Waals surface area contributed by atoms with Crippen molar-refractivity contribution < 1.29 is 15.2 Å². The fourth-order valence-corrected chi connectivity index (χ4v) is 2.15. The number of hydrogen-bond acceptors (Lipinski definition) is 4. The molecule has 21 heavy (non-hydrogen) atoms. The van der Waals surface area contributed by atoms with E-state index in [0.29, 0.717) is 13.0 Å². The average molecular weight is 293 g/mol. The zero-order valence-electron chi connectivity index (χ0n) is 11.7. The molecule has 0 aromatic heterocycles. The molecule has 0 spiro atoms. The molecule has 2 rings (SSSR count). The van der Waals surface area contributed by atoms with Gasteiger partial charge in [0, 0.05) is 44.4 Å². The van der Waals surface area contributed by atoms with Crippen LogP contribution in [0.1, 0.15) is 24.8 Å². The number of carbonyl (C=O) groups is 1. The molecule has 7 heteroatoms. The first kappa shape index (κ1) is 16.8. The molecule has 0 bridgehead atoms. The number of rotatable bonds is 6. The molecule has 1 aromatic carbocycles. The lowest BCUT2D eigenvalue weighted by Crippen LogP contribution is -2.26. The van der Waals surface area contributed by atoms with E-state index < -0.39 is 4.92 Å². The van der Waals surface area contributed by atoms with Gasteiger partial charge in [-0.15, -0.1) is 0 Å². The fraction of sp³-hybridized carbons (Fsp3) is 0.429. The Bertz CT molecular complexity index is 513. The van der Waals surface area contributed by atoms with Crippen LogP contribution in [0.4, 0.5) is 5.69 Å². The second kappa shape index (κ2) is 8.11. The third-order valence-electron chi connectivity index (χ3n) is 3.23. The Morgan fingerprint density at radius 2 is 2.05 bits per heavy atom. The van der Waals surface area contributed by atoms with Gasteiger partial charge in [0.05, 0.1) is 4.92 Å². The van der Waals surface area contributed by atoms with E-state index >= 15 is 0 Å². The molecule has 7 nitrogen and oxygen atoms in total. The van der Waals surface area contributed by atoms with Gasteiger partial charge in [-0.2, -0.15) is 0 Å². The van der Waals surface area contributed by atoms with Crippen LogP contribution < -0.4 is 0 Å². The lowest BCUT2D eigenvalue weighted by atomic mass is 10.2. The summed E-state index contributed by atoms with van der Waals surface area (Å²) in [6.45, 7) is 2.28. The van der Waals surface area contributed by atoms with E-state index in [4.69, 9.17) is 0 Å². The lowest BCUT2D eigenvalue weighted by molar-refractivity contribution is -0.384. The number of carbonyl (C=O) groups excluding carboxylic acids is 1. The summed E-state index contributed by atoms with van der Waals surface area (Å²) in [5.41, 5.74) is 0.919. The summed E-state index contributed by atoms with van der Waals surface area (Å²) in [5.74, 6) is 0.240. The Balaban J connectivity index is 0.00000220. The summed E-state index contributed by atoms with van der Waals surface area (Å²) >= 11 is 0. The second-order valence-electron chi connectivity index (χ2n) is 4.72. The molecule has 0 atom stereocenters. The second-order valence-corrected chi connectivity index (χ2v) is 4.72. The minimum atomic E-state index is -0.423. The first-order valence-electron chi connectivity index (χ1n) is 6.69.